The molecule has 0 unspecified atom stereocenters. The summed E-state index contributed by atoms with van der Waals surface area (Å²) >= 11 is 0. The molecule has 2 aromatic carbocycles. The molecular weight excluding hydrogens is 456 g/mol. The van der Waals surface area contributed by atoms with E-state index in [-0.39, 0.29) is 21.8 Å². The molecule has 2 heterocycles. The minimum absolute atomic E-state index is 0.0124. The molecule has 172 valence electrons. The van der Waals surface area contributed by atoms with E-state index in [0.29, 0.717) is 16.9 Å². The third-order valence-electron chi connectivity index (χ3n) is 6.92. The largest absolute Gasteiger partial charge is 0.261 e. The highest BCUT2D eigenvalue weighted by Crippen LogP contribution is 2.54. The lowest BCUT2D eigenvalue weighted by Gasteiger charge is -2.38. The summed E-state index contributed by atoms with van der Waals surface area (Å²) in [5.74, 6) is 0. The number of fused-ring (bicyclic) bond motifs is 4. The summed E-state index contributed by atoms with van der Waals surface area (Å²) in [6, 6.07) is 15.8. The van der Waals surface area contributed by atoms with Crippen molar-refractivity contribution in [1.82, 2.24) is 9.71 Å². The van der Waals surface area contributed by atoms with Crippen LogP contribution >= 0.6 is 0 Å². The second-order valence-electron chi connectivity index (χ2n) is 8.87. The van der Waals surface area contributed by atoms with Crippen LogP contribution in [0.15, 0.2) is 75.5 Å². The Bertz CT molecular complexity index is 1430. The van der Waals surface area contributed by atoms with Crippen LogP contribution < -0.4 is 4.72 Å². The molecule has 5 rings (SSSR count). The van der Waals surface area contributed by atoms with Gasteiger partial charge in [-0.3, -0.25) is 4.98 Å². The van der Waals surface area contributed by atoms with Gasteiger partial charge in [0.15, 0.2) is 0 Å². The zero-order chi connectivity index (χ0) is 23.3. The Morgan fingerprint density at radius 3 is 2.42 bits per heavy atom. The lowest BCUT2D eigenvalue weighted by molar-refractivity contribution is 0.493. The van der Waals surface area contributed by atoms with Gasteiger partial charge in [-0.15, -0.1) is 0 Å². The number of sulfone groups is 1. The van der Waals surface area contributed by atoms with Crippen LogP contribution in [0.4, 0.5) is 0 Å². The van der Waals surface area contributed by atoms with Gasteiger partial charge in [0.25, 0.3) is 0 Å². The molecule has 1 saturated carbocycles. The smallest absolute Gasteiger partial charge is 0.240 e. The maximum absolute atomic E-state index is 13.6. The van der Waals surface area contributed by atoms with E-state index in [1.54, 1.807) is 37.4 Å². The molecule has 1 N–H and O–H groups in total. The van der Waals surface area contributed by atoms with Gasteiger partial charge in [-0.05, 0) is 60.7 Å². The maximum atomic E-state index is 13.6. The fourth-order valence-electron chi connectivity index (χ4n) is 5.37. The number of hydrogen-bond acceptors (Lipinski definition) is 5. The van der Waals surface area contributed by atoms with Crippen LogP contribution in [0.2, 0.25) is 0 Å². The zero-order valence-electron chi connectivity index (χ0n) is 18.4. The average Bonchev–Trinajstić information content (AvgIpc) is 3.29. The Morgan fingerprint density at radius 2 is 1.70 bits per heavy atom. The van der Waals surface area contributed by atoms with Gasteiger partial charge < -0.3 is 0 Å². The first kappa shape index (κ1) is 22.3. The average molecular weight is 483 g/mol. The van der Waals surface area contributed by atoms with Crippen molar-refractivity contribution >= 4 is 19.9 Å². The Morgan fingerprint density at radius 1 is 0.970 bits per heavy atom. The van der Waals surface area contributed by atoms with Crippen molar-refractivity contribution < 1.29 is 16.8 Å². The number of nitrogens with zero attached hydrogens (tertiary/aromatic N) is 1. The zero-order valence-corrected chi connectivity index (χ0v) is 20.0. The summed E-state index contributed by atoms with van der Waals surface area (Å²) in [4.78, 5) is 4.65. The molecule has 0 radical (unpaired) electrons. The van der Waals surface area contributed by atoms with E-state index < -0.39 is 19.9 Å². The highest BCUT2D eigenvalue weighted by Gasteiger charge is 2.48. The Labute approximate surface area is 195 Å². The summed E-state index contributed by atoms with van der Waals surface area (Å²) in [6.45, 7) is 1.92. The molecule has 33 heavy (non-hydrogen) atoms. The third kappa shape index (κ3) is 3.61. The molecule has 2 aliphatic rings. The molecule has 0 amide bonds. The molecule has 1 spiro atoms. The van der Waals surface area contributed by atoms with Crippen LogP contribution in [-0.4, -0.2) is 28.4 Å². The first-order valence-corrected chi connectivity index (χ1v) is 14.1. The molecule has 1 aliphatic heterocycles. The van der Waals surface area contributed by atoms with Crippen molar-refractivity contribution in [3.8, 4) is 0 Å². The third-order valence-corrected chi connectivity index (χ3v) is 10.4. The second-order valence-corrected chi connectivity index (χ2v) is 12.5. The molecule has 8 heteroatoms. The Kier molecular flexibility index (Phi) is 5.42. The van der Waals surface area contributed by atoms with E-state index >= 15 is 0 Å². The van der Waals surface area contributed by atoms with Crippen LogP contribution in [0.25, 0.3) is 0 Å². The predicted molar refractivity (Wildman–Crippen MR) is 125 cm³/mol. The van der Waals surface area contributed by atoms with Crippen molar-refractivity contribution in [3.63, 3.8) is 0 Å². The number of sulfonamides is 1. The number of aryl methyl sites for hydroxylation is 1. The maximum Gasteiger partial charge on any atom is 0.240 e. The van der Waals surface area contributed by atoms with Crippen molar-refractivity contribution in [1.29, 1.82) is 0 Å². The molecule has 0 bridgehead atoms. The summed E-state index contributed by atoms with van der Waals surface area (Å²) in [6.07, 6.45) is 5.86. The topological polar surface area (TPSA) is 93.2 Å². The quantitative estimate of drug-likeness (QED) is 0.595. The second kappa shape index (κ2) is 8.04. The van der Waals surface area contributed by atoms with Gasteiger partial charge in [0.1, 0.15) is 0 Å². The van der Waals surface area contributed by atoms with Gasteiger partial charge in [0.05, 0.1) is 14.7 Å². The standard InChI is InChI=1S/C25H26N2O4S2/c1-18-16-21-24(17-23(18)33(30,31)27-15-11-19-8-4-7-14-26-19)32(28,29)22-10-3-2-9-20(22)25(21)12-5-6-13-25/h2-4,7-10,14,16-17,27H,5-6,11-13,15H2,1H3. The summed E-state index contributed by atoms with van der Waals surface area (Å²) in [7, 11) is -7.73. The van der Waals surface area contributed by atoms with E-state index in [4.69, 9.17) is 0 Å². The fourth-order valence-corrected chi connectivity index (χ4v) is 8.59. The number of hydrogen-bond donors (Lipinski definition) is 1. The lowest BCUT2D eigenvalue weighted by atomic mass is 9.72. The Hall–Kier alpha value is -2.55. The van der Waals surface area contributed by atoms with E-state index in [1.165, 1.54) is 6.07 Å². The van der Waals surface area contributed by atoms with Gasteiger partial charge >= 0.3 is 0 Å². The van der Waals surface area contributed by atoms with Crippen LogP contribution in [0, 0.1) is 6.92 Å². The van der Waals surface area contributed by atoms with Crippen LogP contribution in [0.3, 0.4) is 0 Å². The van der Waals surface area contributed by atoms with Gasteiger partial charge in [0, 0.05) is 30.3 Å². The van der Waals surface area contributed by atoms with Crippen LogP contribution in [0.5, 0.6) is 0 Å². The minimum Gasteiger partial charge on any atom is -0.261 e. The Balaban J connectivity index is 1.57. The van der Waals surface area contributed by atoms with Crippen molar-refractivity contribution in [2.24, 2.45) is 0 Å². The van der Waals surface area contributed by atoms with Crippen molar-refractivity contribution in [2.75, 3.05) is 6.54 Å². The normalized spacial score (nSPS) is 18.1. The van der Waals surface area contributed by atoms with Crippen LogP contribution in [0.1, 0.15) is 48.1 Å². The number of nitrogens with one attached hydrogen (secondary N) is 1. The number of rotatable bonds is 5. The lowest BCUT2D eigenvalue weighted by Crippen LogP contribution is -2.34. The van der Waals surface area contributed by atoms with Crippen LogP contribution in [-0.2, 0) is 31.7 Å². The van der Waals surface area contributed by atoms with Gasteiger partial charge in [0.2, 0.25) is 19.9 Å². The summed E-state index contributed by atoms with van der Waals surface area (Å²) in [5, 5.41) is 0. The van der Waals surface area contributed by atoms with Gasteiger partial charge in [-0.25, -0.2) is 21.6 Å². The predicted octanol–water partition coefficient (Wildman–Crippen LogP) is 3.92. The number of benzene rings is 2. The number of pyridine rings is 1. The van der Waals surface area contributed by atoms with E-state index in [1.807, 2.05) is 24.3 Å². The number of aromatic nitrogens is 1. The molecule has 0 saturated heterocycles. The van der Waals surface area contributed by atoms with Gasteiger partial charge in [-0.2, -0.15) is 0 Å². The fraction of sp³-hybridized carbons (Fsp3) is 0.320. The SMILES string of the molecule is Cc1cc2c(cc1S(=O)(=O)NCCc1ccccn1)S(=O)(=O)c1ccccc1C21CCCC1. The first-order valence-electron chi connectivity index (χ1n) is 11.1. The van der Waals surface area contributed by atoms with Gasteiger partial charge in [-0.1, -0.05) is 43.2 Å². The highest BCUT2D eigenvalue weighted by molar-refractivity contribution is 7.92. The molecule has 1 aromatic heterocycles. The first-order chi connectivity index (χ1) is 15.8. The molecule has 0 atom stereocenters. The molecule has 1 aliphatic carbocycles. The molecular formula is C25H26N2O4S2. The summed E-state index contributed by atoms with van der Waals surface area (Å²) < 4.78 is 56.2. The van der Waals surface area contributed by atoms with E-state index in [0.717, 1.165) is 42.5 Å². The molecule has 6 nitrogen and oxygen atoms in total. The highest BCUT2D eigenvalue weighted by atomic mass is 32.2. The van der Waals surface area contributed by atoms with E-state index in [2.05, 4.69) is 9.71 Å². The van der Waals surface area contributed by atoms with Crippen molar-refractivity contribution in [2.45, 2.75) is 59.1 Å². The van der Waals surface area contributed by atoms with Crippen molar-refractivity contribution in [3.05, 3.63) is 83.2 Å². The van der Waals surface area contributed by atoms with E-state index in [9.17, 15) is 16.8 Å². The minimum atomic E-state index is -3.90. The molecule has 3 aromatic rings. The monoisotopic (exact) mass is 482 g/mol. The summed E-state index contributed by atoms with van der Waals surface area (Å²) in [5.41, 5.74) is 2.54. The molecule has 1 fully saturated rings.